The summed E-state index contributed by atoms with van der Waals surface area (Å²) in [5.41, 5.74) is 6.01. The van der Waals surface area contributed by atoms with E-state index in [1.807, 2.05) is 48.5 Å². The predicted octanol–water partition coefficient (Wildman–Crippen LogP) is 8.09. The Hall–Kier alpha value is -3.83. The van der Waals surface area contributed by atoms with E-state index in [1.54, 1.807) is 36.0 Å². The Bertz CT molecular complexity index is 1370. The van der Waals surface area contributed by atoms with Gasteiger partial charge >= 0.3 is 0 Å². The van der Waals surface area contributed by atoms with Crippen LogP contribution in [0.3, 0.4) is 0 Å². The maximum Gasteiger partial charge on any atom is 0.255 e. The second-order valence-electron chi connectivity index (χ2n) is 10.1. The van der Waals surface area contributed by atoms with Gasteiger partial charge in [-0.3, -0.25) is 9.59 Å². The minimum absolute atomic E-state index is 0.0300. The summed E-state index contributed by atoms with van der Waals surface area (Å²) in [6.07, 6.45) is 0. The van der Waals surface area contributed by atoms with Crippen molar-refractivity contribution in [2.24, 2.45) is 0 Å². The molecule has 5 heteroatoms. The number of hydrogen-bond donors (Lipinski definition) is 2. The lowest BCUT2D eigenvalue weighted by atomic mass is 9.87. The number of carbonyl (C=O) groups excluding carboxylic acids is 2. The molecule has 0 atom stereocenters. The van der Waals surface area contributed by atoms with E-state index in [1.165, 1.54) is 16.0 Å². The topological polar surface area (TPSA) is 58.2 Å². The minimum atomic E-state index is -0.195. The summed E-state index contributed by atoms with van der Waals surface area (Å²) in [5.74, 6) is 0.452. The molecular formula is C32H32N2O2S. The molecule has 2 amide bonds. The van der Waals surface area contributed by atoms with E-state index in [0.29, 0.717) is 22.5 Å². The number of aryl methyl sites for hydroxylation is 1. The highest BCUT2D eigenvalue weighted by Gasteiger charge is 2.14. The molecule has 0 aliphatic rings. The number of nitrogens with one attached hydrogen (secondary N) is 2. The number of thioether (sulfide) groups is 1. The van der Waals surface area contributed by atoms with Gasteiger partial charge in [0, 0.05) is 33.2 Å². The van der Waals surface area contributed by atoms with Crippen LogP contribution in [-0.4, -0.2) is 11.8 Å². The molecule has 0 bridgehead atoms. The Morgan fingerprint density at radius 2 is 1.22 bits per heavy atom. The first-order valence-electron chi connectivity index (χ1n) is 12.3. The Labute approximate surface area is 223 Å². The van der Waals surface area contributed by atoms with E-state index in [0.717, 1.165) is 11.3 Å². The maximum atomic E-state index is 12.8. The number of carbonyl (C=O) groups is 2. The molecule has 0 radical (unpaired) electrons. The predicted molar refractivity (Wildman–Crippen MR) is 155 cm³/mol. The molecule has 0 aliphatic carbocycles. The average Bonchev–Trinajstić information content (AvgIpc) is 2.88. The van der Waals surface area contributed by atoms with Gasteiger partial charge in [0.1, 0.15) is 0 Å². The van der Waals surface area contributed by atoms with Crippen LogP contribution >= 0.6 is 11.8 Å². The van der Waals surface area contributed by atoms with Gasteiger partial charge in [-0.2, -0.15) is 0 Å². The SMILES string of the molecule is Cc1ccc(SCc2ccc(C(=O)Nc3cccc(NC(=O)c4ccc(C(C)(C)C)cc4)c3)cc2)cc1. The zero-order chi connectivity index (χ0) is 26.4. The summed E-state index contributed by atoms with van der Waals surface area (Å²) >= 11 is 1.77. The summed E-state index contributed by atoms with van der Waals surface area (Å²) < 4.78 is 0. The zero-order valence-electron chi connectivity index (χ0n) is 21.7. The molecule has 0 saturated heterocycles. The Kier molecular flexibility index (Phi) is 8.14. The van der Waals surface area contributed by atoms with Crippen molar-refractivity contribution in [2.75, 3.05) is 10.6 Å². The third-order valence-electron chi connectivity index (χ3n) is 6.03. The third-order valence-corrected chi connectivity index (χ3v) is 7.12. The van der Waals surface area contributed by atoms with Gasteiger partial charge in [0.15, 0.2) is 0 Å². The van der Waals surface area contributed by atoms with Crippen LogP contribution in [0.15, 0.2) is 102 Å². The van der Waals surface area contributed by atoms with Gasteiger partial charge in [-0.15, -0.1) is 11.8 Å². The summed E-state index contributed by atoms with van der Waals surface area (Å²) in [6.45, 7) is 8.50. The highest BCUT2D eigenvalue weighted by atomic mass is 32.2. The summed E-state index contributed by atoms with van der Waals surface area (Å²) in [5, 5.41) is 5.84. The molecule has 0 aromatic heterocycles. The molecule has 0 unspecified atom stereocenters. The first-order valence-corrected chi connectivity index (χ1v) is 13.3. The highest BCUT2D eigenvalue weighted by Crippen LogP contribution is 2.24. The van der Waals surface area contributed by atoms with Crippen LogP contribution in [0.25, 0.3) is 0 Å². The number of hydrogen-bond acceptors (Lipinski definition) is 3. The smallest absolute Gasteiger partial charge is 0.255 e. The van der Waals surface area contributed by atoms with Gasteiger partial charge in [-0.05, 0) is 78.1 Å². The van der Waals surface area contributed by atoms with E-state index < -0.39 is 0 Å². The second kappa shape index (κ2) is 11.5. The molecule has 0 fully saturated rings. The fourth-order valence-corrected chi connectivity index (χ4v) is 4.61. The molecular weight excluding hydrogens is 476 g/mol. The molecule has 4 rings (SSSR count). The fraction of sp³-hybridized carbons (Fsp3) is 0.188. The van der Waals surface area contributed by atoms with E-state index in [2.05, 4.69) is 62.6 Å². The van der Waals surface area contributed by atoms with Crippen LogP contribution in [0.2, 0.25) is 0 Å². The van der Waals surface area contributed by atoms with Gasteiger partial charge in [-0.25, -0.2) is 0 Å². The summed E-state index contributed by atoms with van der Waals surface area (Å²) in [4.78, 5) is 26.7. The van der Waals surface area contributed by atoms with E-state index >= 15 is 0 Å². The Morgan fingerprint density at radius 1 is 0.703 bits per heavy atom. The number of rotatable bonds is 7. The summed E-state index contributed by atoms with van der Waals surface area (Å²) in [6, 6.07) is 30.9. The minimum Gasteiger partial charge on any atom is -0.322 e. The van der Waals surface area contributed by atoms with Gasteiger partial charge in [0.25, 0.3) is 11.8 Å². The number of benzene rings is 4. The third kappa shape index (κ3) is 7.34. The molecule has 188 valence electrons. The Balaban J connectivity index is 1.34. The van der Waals surface area contributed by atoms with Crippen molar-refractivity contribution in [1.29, 1.82) is 0 Å². The van der Waals surface area contributed by atoms with Gasteiger partial charge < -0.3 is 10.6 Å². The van der Waals surface area contributed by atoms with Crippen molar-refractivity contribution in [3.63, 3.8) is 0 Å². The first-order chi connectivity index (χ1) is 17.7. The van der Waals surface area contributed by atoms with Crippen LogP contribution in [0.5, 0.6) is 0 Å². The maximum absolute atomic E-state index is 12.8. The van der Waals surface area contributed by atoms with E-state index in [-0.39, 0.29) is 17.2 Å². The van der Waals surface area contributed by atoms with Crippen molar-refractivity contribution in [1.82, 2.24) is 0 Å². The quantitative estimate of drug-likeness (QED) is 0.248. The molecule has 0 saturated carbocycles. The van der Waals surface area contributed by atoms with Crippen LogP contribution < -0.4 is 10.6 Å². The molecule has 0 aliphatic heterocycles. The molecule has 4 aromatic rings. The van der Waals surface area contributed by atoms with Crippen molar-refractivity contribution in [2.45, 2.75) is 43.8 Å². The average molecular weight is 509 g/mol. The molecule has 0 spiro atoms. The standard InChI is InChI=1S/C32H32N2O2S/c1-22-8-18-29(19-9-22)37-21-23-10-12-24(13-11-23)30(35)33-27-6-5-7-28(20-27)34-31(36)25-14-16-26(17-15-25)32(2,3)4/h5-20H,21H2,1-4H3,(H,33,35)(H,34,36). The number of amides is 2. The van der Waals surface area contributed by atoms with Crippen LogP contribution in [0.4, 0.5) is 11.4 Å². The van der Waals surface area contributed by atoms with E-state index in [4.69, 9.17) is 0 Å². The molecule has 4 nitrogen and oxygen atoms in total. The van der Waals surface area contributed by atoms with Gasteiger partial charge in [-0.1, -0.05) is 68.8 Å². The van der Waals surface area contributed by atoms with Crippen molar-refractivity contribution < 1.29 is 9.59 Å². The molecule has 4 aromatic carbocycles. The normalized spacial score (nSPS) is 11.1. The largest absolute Gasteiger partial charge is 0.322 e. The zero-order valence-corrected chi connectivity index (χ0v) is 22.5. The van der Waals surface area contributed by atoms with Gasteiger partial charge in [0.05, 0.1) is 0 Å². The van der Waals surface area contributed by atoms with Crippen LogP contribution in [0.1, 0.15) is 58.2 Å². The molecule has 37 heavy (non-hydrogen) atoms. The van der Waals surface area contributed by atoms with Crippen molar-refractivity contribution >= 4 is 35.0 Å². The lowest BCUT2D eigenvalue weighted by Crippen LogP contribution is -2.15. The van der Waals surface area contributed by atoms with Crippen LogP contribution in [-0.2, 0) is 11.2 Å². The fourth-order valence-electron chi connectivity index (χ4n) is 3.76. The van der Waals surface area contributed by atoms with E-state index in [9.17, 15) is 9.59 Å². The second-order valence-corrected chi connectivity index (χ2v) is 11.2. The van der Waals surface area contributed by atoms with Crippen LogP contribution in [0, 0.1) is 6.92 Å². The first kappa shape index (κ1) is 26.2. The van der Waals surface area contributed by atoms with Crippen molar-refractivity contribution in [3.8, 4) is 0 Å². The lowest BCUT2D eigenvalue weighted by Gasteiger charge is -2.19. The monoisotopic (exact) mass is 508 g/mol. The molecule has 0 heterocycles. The summed E-state index contributed by atoms with van der Waals surface area (Å²) in [7, 11) is 0. The lowest BCUT2D eigenvalue weighted by molar-refractivity contribution is 0.101. The highest BCUT2D eigenvalue weighted by molar-refractivity contribution is 7.98. The Morgan fingerprint density at radius 3 is 1.73 bits per heavy atom. The molecule has 2 N–H and O–H groups in total. The number of anilines is 2. The van der Waals surface area contributed by atoms with Crippen molar-refractivity contribution in [3.05, 3.63) is 125 Å². The van der Waals surface area contributed by atoms with Gasteiger partial charge in [0.2, 0.25) is 0 Å².